The Morgan fingerprint density at radius 3 is 2.96 bits per heavy atom. The molecule has 140 valence electrons. The largest absolute Gasteiger partial charge is 0.330 e. The van der Waals surface area contributed by atoms with Gasteiger partial charge in [0.15, 0.2) is 5.78 Å². The highest BCUT2D eigenvalue weighted by Gasteiger charge is 2.24. The van der Waals surface area contributed by atoms with Gasteiger partial charge in [-0.05, 0) is 55.5 Å². The molecule has 5 nitrogen and oxygen atoms in total. The summed E-state index contributed by atoms with van der Waals surface area (Å²) in [6, 6.07) is 5.94. The summed E-state index contributed by atoms with van der Waals surface area (Å²) >= 11 is 7.95. The van der Waals surface area contributed by atoms with E-state index >= 15 is 0 Å². The van der Waals surface area contributed by atoms with E-state index in [0.29, 0.717) is 18.0 Å². The molecule has 27 heavy (non-hydrogen) atoms. The number of thiophene rings is 1. The van der Waals surface area contributed by atoms with E-state index in [1.807, 2.05) is 22.9 Å². The third kappa shape index (κ3) is 3.83. The van der Waals surface area contributed by atoms with Crippen molar-refractivity contribution in [2.45, 2.75) is 32.2 Å². The molecule has 0 aromatic carbocycles. The van der Waals surface area contributed by atoms with Crippen LogP contribution in [0.1, 0.15) is 33.0 Å². The number of ketones is 1. The zero-order valence-corrected chi connectivity index (χ0v) is 16.5. The molecule has 1 atom stereocenters. The van der Waals surface area contributed by atoms with Gasteiger partial charge in [0.05, 0.1) is 21.8 Å². The molecule has 4 heterocycles. The zero-order chi connectivity index (χ0) is 18.8. The summed E-state index contributed by atoms with van der Waals surface area (Å²) < 4.78 is 1.95. The molecular formula is C20H21ClN4OS. The second-order valence-corrected chi connectivity index (χ2v) is 8.45. The van der Waals surface area contributed by atoms with Crippen LogP contribution in [0.25, 0.3) is 11.3 Å². The Morgan fingerprint density at radius 2 is 2.19 bits per heavy atom. The van der Waals surface area contributed by atoms with Gasteiger partial charge < -0.3 is 5.73 Å². The molecule has 0 fully saturated rings. The number of nitrogens with two attached hydrogens (primary N) is 1. The van der Waals surface area contributed by atoms with E-state index in [1.54, 1.807) is 29.9 Å². The van der Waals surface area contributed by atoms with Gasteiger partial charge in [0.25, 0.3) is 0 Å². The van der Waals surface area contributed by atoms with E-state index in [0.717, 1.165) is 47.5 Å². The SMILES string of the molecule is NC[C@@H](CC(=O)c1cc2c(s1)CCCn1ncc(Cl)c1-2)Cc1ccncc1. The molecule has 1 aliphatic heterocycles. The summed E-state index contributed by atoms with van der Waals surface area (Å²) in [5.41, 5.74) is 9.09. The number of aromatic nitrogens is 3. The first-order valence-electron chi connectivity index (χ1n) is 9.12. The standard InChI is InChI=1S/C20H21ClN4OS/c21-16-12-24-25-7-1-2-18-15(20(16)25)10-19(27-18)17(26)9-14(11-22)8-13-3-5-23-6-4-13/h3-6,10,12,14H,1-2,7-9,11,22H2/t14-/m1/s1. The Kier molecular flexibility index (Phi) is 5.38. The van der Waals surface area contributed by atoms with Crippen LogP contribution in [-0.2, 0) is 19.4 Å². The Hall–Kier alpha value is -2.02. The Morgan fingerprint density at radius 1 is 1.37 bits per heavy atom. The number of pyridine rings is 1. The van der Waals surface area contributed by atoms with E-state index in [9.17, 15) is 4.79 Å². The molecule has 2 N–H and O–H groups in total. The number of hydrogen-bond acceptors (Lipinski definition) is 5. The quantitative estimate of drug-likeness (QED) is 0.634. The summed E-state index contributed by atoms with van der Waals surface area (Å²) in [5, 5.41) is 5.01. The van der Waals surface area contributed by atoms with Crippen LogP contribution in [0.2, 0.25) is 5.02 Å². The second kappa shape index (κ2) is 7.92. The summed E-state index contributed by atoms with van der Waals surface area (Å²) in [4.78, 5) is 19.0. The van der Waals surface area contributed by atoms with Crippen molar-refractivity contribution in [1.29, 1.82) is 0 Å². The maximum atomic E-state index is 12.9. The van der Waals surface area contributed by atoms with Gasteiger partial charge in [-0.1, -0.05) is 11.6 Å². The van der Waals surface area contributed by atoms with E-state index in [2.05, 4.69) is 10.1 Å². The van der Waals surface area contributed by atoms with Gasteiger partial charge in [0.2, 0.25) is 0 Å². The second-order valence-electron chi connectivity index (χ2n) is 6.90. The van der Waals surface area contributed by atoms with Crippen LogP contribution in [0.5, 0.6) is 0 Å². The molecule has 0 spiro atoms. The van der Waals surface area contributed by atoms with Crippen LogP contribution in [0, 0.1) is 5.92 Å². The number of rotatable bonds is 6. The minimum atomic E-state index is 0.121. The summed E-state index contributed by atoms with van der Waals surface area (Å²) in [5.74, 6) is 0.274. The van der Waals surface area contributed by atoms with Crippen molar-refractivity contribution in [2.75, 3.05) is 6.54 Å². The van der Waals surface area contributed by atoms with E-state index in [4.69, 9.17) is 17.3 Å². The van der Waals surface area contributed by atoms with Crippen molar-refractivity contribution >= 4 is 28.7 Å². The lowest BCUT2D eigenvalue weighted by Crippen LogP contribution is -2.20. The summed E-state index contributed by atoms with van der Waals surface area (Å²) in [6.45, 7) is 1.34. The molecule has 4 rings (SSSR count). The van der Waals surface area contributed by atoms with Crippen molar-refractivity contribution in [3.63, 3.8) is 0 Å². The van der Waals surface area contributed by atoms with Crippen molar-refractivity contribution < 1.29 is 4.79 Å². The van der Waals surface area contributed by atoms with E-state index < -0.39 is 0 Å². The van der Waals surface area contributed by atoms with Crippen LogP contribution >= 0.6 is 22.9 Å². The molecule has 0 amide bonds. The molecular weight excluding hydrogens is 380 g/mol. The van der Waals surface area contributed by atoms with Gasteiger partial charge in [0, 0.05) is 35.8 Å². The number of carbonyl (C=O) groups excluding carboxylic acids is 1. The fraction of sp³-hybridized carbons (Fsp3) is 0.350. The molecule has 0 radical (unpaired) electrons. The minimum Gasteiger partial charge on any atom is -0.330 e. The van der Waals surface area contributed by atoms with Gasteiger partial charge >= 0.3 is 0 Å². The summed E-state index contributed by atoms with van der Waals surface area (Å²) in [7, 11) is 0. The number of carbonyl (C=O) groups is 1. The molecule has 0 aliphatic carbocycles. The highest BCUT2D eigenvalue weighted by atomic mass is 35.5. The number of fused-ring (bicyclic) bond motifs is 3. The molecule has 3 aromatic rings. The fourth-order valence-electron chi connectivity index (χ4n) is 3.60. The van der Waals surface area contributed by atoms with Crippen molar-refractivity contribution in [1.82, 2.24) is 14.8 Å². The molecule has 1 aliphatic rings. The van der Waals surface area contributed by atoms with E-state index in [-0.39, 0.29) is 11.7 Å². The predicted molar refractivity (Wildman–Crippen MR) is 108 cm³/mol. The lowest BCUT2D eigenvalue weighted by atomic mass is 9.94. The normalized spacial score (nSPS) is 14.3. The third-order valence-electron chi connectivity index (χ3n) is 4.99. The number of aryl methyl sites for hydroxylation is 2. The van der Waals surface area contributed by atoms with Gasteiger partial charge in [-0.3, -0.25) is 14.5 Å². The fourth-order valence-corrected chi connectivity index (χ4v) is 4.99. The topological polar surface area (TPSA) is 73.8 Å². The van der Waals surface area contributed by atoms with Gasteiger partial charge in [0.1, 0.15) is 0 Å². The van der Waals surface area contributed by atoms with Crippen molar-refractivity contribution in [3.8, 4) is 11.3 Å². The Bertz CT molecular complexity index is 950. The smallest absolute Gasteiger partial charge is 0.173 e. The highest BCUT2D eigenvalue weighted by molar-refractivity contribution is 7.14. The third-order valence-corrected chi connectivity index (χ3v) is 6.50. The minimum absolute atomic E-state index is 0.121. The van der Waals surface area contributed by atoms with E-state index in [1.165, 1.54) is 4.88 Å². The van der Waals surface area contributed by atoms with Crippen LogP contribution in [0.4, 0.5) is 0 Å². The Labute approximate surface area is 167 Å². The van der Waals surface area contributed by atoms with Crippen LogP contribution in [0.15, 0.2) is 36.8 Å². The van der Waals surface area contributed by atoms with Crippen LogP contribution < -0.4 is 5.73 Å². The number of halogens is 1. The number of Topliss-reactive ketones (excluding diaryl/α,β-unsaturated/α-hetero) is 1. The molecule has 0 saturated carbocycles. The monoisotopic (exact) mass is 400 g/mol. The van der Waals surface area contributed by atoms with Crippen molar-refractivity contribution in [3.05, 3.63) is 57.1 Å². The molecule has 0 bridgehead atoms. The lowest BCUT2D eigenvalue weighted by molar-refractivity contribution is 0.0966. The maximum Gasteiger partial charge on any atom is 0.173 e. The highest BCUT2D eigenvalue weighted by Crippen LogP contribution is 2.39. The first kappa shape index (κ1) is 18.3. The molecule has 7 heteroatoms. The van der Waals surface area contributed by atoms with Crippen LogP contribution in [0.3, 0.4) is 0 Å². The number of nitrogens with zero attached hydrogens (tertiary/aromatic N) is 3. The van der Waals surface area contributed by atoms with Gasteiger partial charge in [-0.25, -0.2) is 0 Å². The molecule has 0 unspecified atom stereocenters. The maximum absolute atomic E-state index is 12.9. The predicted octanol–water partition coefficient (Wildman–Crippen LogP) is 4.00. The molecule has 0 saturated heterocycles. The summed E-state index contributed by atoms with van der Waals surface area (Å²) in [6.07, 6.45) is 8.41. The van der Waals surface area contributed by atoms with Crippen LogP contribution in [-0.4, -0.2) is 27.1 Å². The average Bonchev–Trinajstić information content (AvgIpc) is 3.21. The zero-order valence-electron chi connectivity index (χ0n) is 14.9. The Balaban J connectivity index is 1.55. The first-order chi connectivity index (χ1) is 13.2. The van der Waals surface area contributed by atoms with Gasteiger partial charge in [-0.2, -0.15) is 5.10 Å². The number of hydrogen-bond donors (Lipinski definition) is 1. The van der Waals surface area contributed by atoms with Gasteiger partial charge in [-0.15, -0.1) is 11.3 Å². The molecule has 3 aromatic heterocycles. The van der Waals surface area contributed by atoms with Crippen molar-refractivity contribution in [2.24, 2.45) is 11.7 Å². The first-order valence-corrected chi connectivity index (χ1v) is 10.3. The lowest BCUT2D eigenvalue weighted by Gasteiger charge is -2.13. The average molecular weight is 401 g/mol.